The molecule has 0 amide bonds. The number of pyridine rings is 1. The third kappa shape index (κ3) is 1.50. The first-order valence-electron chi connectivity index (χ1n) is 4.91. The fourth-order valence-electron chi connectivity index (χ4n) is 2.03. The number of aryl methyl sites for hydroxylation is 2. The molecule has 0 saturated carbocycles. The van der Waals surface area contributed by atoms with Crippen LogP contribution in [0.3, 0.4) is 0 Å². The second-order valence-electron chi connectivity index (χ2n) is 3.75. The van der Waals surface area contributed by atoms with Crippen LogP contribution in [0.1, 0.15) is 40.2 Å². The third-order valence-corrected chi connectivity index (χ3v) is 2.66. The predicted molar refractivity (Wildman–Crippen MR) is 52.6 cm³/mol. The van der Waals surface area contributed by atoms with Crippen molar-refractivity contribution in [2.24, 2.45) is 0 Å². The zero-order valence-electron chi connectivity index (χ0n) is 8.21. The first-order valence-corrected chi connectivity index (χ1v) is 4.91. The molecule has 1 aromatic heterocycles. The Morgan fingerprint density at radius 1 is 1.43 bits per heavy atom. The maximum absolute atomic E-state index is 11.0. The Morgan fingerprint density at radius 3 is 2.86 bits per heavy atom. The van der Waals surface area contributed by atoms with Gasteiger partial charge in [-0.2, -0.15) is 0 Å². The monoisotopic (exact) mass is 191 g/mol. The van der Waals surface area contributed by atoms with Crippen LogP contribution in [0.5, 0.6) is 0 Å². The summed E-state index contributed by atoms with van der Waals surface area (Å²) in [7, 11) is 0. The molecule has 1 aliphatic carbocycles. The Hall–Kier alpha value is -1.38. The lowest BCUT2D eigenvalue weighted by Gasteiger charge is -2.17. The minimum atomic E-state index is -0.825. The van der Waals surface area contributed by atoms with E-state index in [4.69, 9.17) is 5.11 Å². The lowest BCUT2D eigenvalue weighted by molar-refractivity contribution is 0.0695. The summed E-state index contributed by atoms with van der Waals surface area (Å²) in [6.45, 7) is 1.85. The van der Waals surface area contributed by atoms with Crippen molar-refractivity contribution in [1.82, 2.24) is 4.98 Å². The van der Waals surface area contributed by atoms with Gasteiger partial charge in [0.05, 0.1) is 5.56 Å². The van der Waals surface area contributed by atoms with Crippen LogP contribution in [0.2, 0.25) is 0 Å². The van der Waals surface area contributed by atoms with Crippen molar-refractivity contribution in [3.63, 3.8) is 0 Å². The van der Waals surface area contributed by atoms with Crippen molar-refractivity contribution < 1.29 is 9.90 Å². The van der Waals surface area contributed by atoms with Crippen LogP contribution in [0, 0.1) is 6.92 Å². The summed E-state index contributed by atoms with van der Waals surface area (Å²) in [6.07, 6.45) is 4.00. The Balaban J connectivity index is 2.58. The largest absolute Gasteiger partial charge is 0.478 e. The number of fused-ring (bicyclic) bond motifs is 1. The maximum Gasteiger partial charge on any atom is 0.336 e. The van der Waals surface area contributed by atoms with Gasteiger partial charge in [-0.1, -0.05) is 0 Å². The van der Waals surface area contributed by atoms with Gasteiger partial charge >= 0.3 is 5.97 Å². The topological polar surface area (TPSA) is 50.2 Å². The van der Waals surface area contributed by atoms with E-state index in [0.29, 0.717) is 5.56 Å². The first-order chi connectivity index (χ1) is 6.68. The van der Waals surface area contributed by atoms with E-state index >= 15 is 0 Å². The highest BCUT2D eigenvalue weighted by atomic mass is 16.4. The van der Waals surface area contributed by atoms with Crippen LogP contribution < -0.4 is 0 Å². The molecule has 1 heterocycles. The summed E-state index contributed by atoms with van der Waals surface area (Å²) < 4.78 is 0. The molecule has 1 aromatic rings. The molecule has 1 aliphatic rings. The summed E-state index contributed by atoms with van der Waals surface area (Å²) in [5.74, 6) is -0.825. The van der Waals surface area contributed by atoms with Crippen molar-refractivity contribution in [3.8, 4) is 0 Å². The average Bonchev–Trinajstić information content (AvgIpc) is 2.16. The molecule has 0 unspecified atom stereocenters. The highest BCUT2D eigenvalue weighted by molar-refractivity contribution is 5.89. The number of aromatic nitrogens is 1. The molecule has 0 radical (unpaired) electrons. The zero-order valence-corrected chi connectivity index (χ0v) is 8.21. The van der Waals surface area contributed by atoms with Gasteiger partial charge in [0.1, 0.15) is 0 Å². The predicted octanol–water partition coefficient (Wildman–Crippen LogP) is 1.97. The van der Waals surface area contributed by atoms with Crippen LogP contribution in [0.15, 0.2) is 6.07 Å². The van der Waals surface area contributed by atoms with E-state index in [2.05, 4.69) is 4.98 Å². The summed E-state index contributed by atoms with van der Waals surface area (Å²) in [5.41, 5.74) is 3.21. The molecular weight excluding hydrogens is 178 g/mol. The van der Waals surface area contributed by atoms with Crippen LogP contribution >= 0.6 is 0 Å². The van der Waals surface area contributed by atoms with E-state index in [1.807, 2.05) is 6.92 Å². The van der Waals surface area contributed by atoms with Crippen LogP contribution in [0.25, 0.3) is 0 Å². The number of nitrogens with zero attached hydrogens (tertiary/aromatic N) is 1. The molecule has 0 aliphatic heterocycles. The van der Waals surface area contributed by atoms with Crippen molar-refractivity contribution >= 4 is 5.97 Å². The molecule has 0 fully saturated rings. The average molecular weight is 191 g/mol. The molecule has 1 N–H and O–H groups in total. The number of aromatic carboxylic acids is 1. The lowest BCUT2D eigenvalue weighted by Crippen LogP contribution is -2.13. The highest BCUT2D eigenvalue weighted by Crippen LogP contribution is 2.23. The normalized spacial score (nSPS) is 14.9. The van der Waals surface area contributed by atoms with E-state index < -0.39 is 5.97 Å². The van der Waals surface area contributed by atoms with E-state index in [9.17, 15) is 4.79 Å². The first kappa shape index (κ1) is 9.19. The summed E-state index contributed by atoms with van der Waals surface area (Å²) >= 11 is 0. The molecule has 3 heteroatoms. The Labute approximate surface area is 82.8 Å². The third-order valence-electron chi connectivity index (χ3n) is 2.66. The fourth-order valence-corrected chi connectivity index (χ4v) is 2.03. The molecule has 0 saturated heterocycles. The number of carboxylic acids is 1. The van der Waals surface area contributed by atoms with Gasteiger partial charge in [0, 0.05) is 11.4 Å². The second-order valence-corrected chi connectivity index (χ2v) is 3.75. The zero-order chi connectivity index (χ0) is 10.1. The smallest absolute Gasteiger partial charge is 0.336 e. The van der Waals surface area contributed by atoms with Gasteiger partial charge in [0.15, 0.2) is 0 Å². The van der Waals surface area contributed by atoms with Crippen molar-refractivity contribution in [2.75, 3.05) is 0 Å². The summed E-state index contributed by atoms with van der Waals surface area (Å²) in [6, 6.07) is 1.67. The molecule has 74 valence electrons. The van der Waals surface area contributed by atoms with E-state index in [0.717, 1.165) is 42.6 Å². The summed E-state index contributed by atoms with van der Waals surface area (Å²) in [5, 5.41) is 9.04. The van der Waals surface area contributed by atoms with E-state index in [1.54, 1.807) is 6.07 Å². The van der Waals surface area contributed by atoms with Crippen LogP contribution in [-0.4, -0.2) is 16.1 Å². The number of carbonyl (C=O) groups is 1. The second kappa shape index (κ2) is 3.40. The maximum atomic E-state index is 11.0. The van der Waals surface area contributed by atoms with E-state index in [1.165, 1.54) is 0 Å². The van der Waals surface area contributed by atoms with Gasteiger partial charge in [-0.15, -0.1) is 0 Å². The number of hydrogen-bond acceptors (Lipinski definition) is 2. The van der Waals surface area contributed by atoms with Gasteiger partial charge in [0.2, 0.25) is 0 Å². The van der Waals surface area contributed by atoms with Gasteiger partial charge in [-0.25, -0.2) is 4.79 Å². The van der Waals surface area contributed by atoms with E-state index in [-0.39, 0.29) is 0 Å². The number of carboxylic acid groups (broad SMARTS) is 1. The Bertz CT molecular complexity index is 385. The molecule has 0 atom stereocenters. The molecule has 3 nitrogen and oxygen atoms in total. The molecule has 2 rings (SSSR count). The molecule has 14 heavy (non-hydrogen) atoms. The van der Waals surface area contributed by atoms with Crippen molar-refractivity contribution in [3.05, 3.63) is 28.6 Å². The number of rotatable bonds is 1. The Morgan fingerprint density at radius 2 is 2.14 bits per heavy atom. The SMILES string of the molecule is Cc1cc(C(=O)O)c2c(n1)CCCC2. The fraction of sp³-hybridized carbons (Fsp3) is 0.455. The minimum absolute atomic E-state index is 0.451. The van der Waals surface area contributed by atoms with Gasteiger partial charge in [-0.05, 0) is 44.2 Å². The summed E-state index contributed by atoms with van der Waals surface area (Å²) in [4.78, 5) is 15.4. The Kier molecular flexibility index (Phi) is 2.23. The standard InChI is InChI=1S/C11H13NO2/c1-7-6-9(11(13)14)8-4-2-3-5-10(8)12-7/h6H,2-5H2,1H3,(H,13,14). The van der Waals surface area contributed by atoms with Crippen LogP contribution in [0.4, 0.5) is 0 Å². The molecule has 0 spiro atoms. The van der Waals surface area contributed by atoms with Crippen molar-refractivity contribution in [2.45, 2.75) is 32.6 Å². The minimum Gasteiger partial charge on any atom is -0.478 e. The quantitative estimate of drug-likeness (QED) is 0.738. The van der Waals surface area contributed by atoms with Gasteiger partial charge < -0.3 is 5.11 Å². The van der Waals surface area contributed by atoms with Gasteiger partial charge in [-0.3, -0.25) is 4.98 Å². The van der Waals surface area contributed by atoms with Crippen molar-refractivity contribution in [1.29, 1.82) is 0 Å². The molecule has 0 bridgehead atoms. The molecular formula is C11H13NO2. The molecule has 0 aromatic carbocycles. The van der Waals surface area contributed by atoms with Gasteiger partial charge in [0.25, 0.3) is 0 Å². The lowest BCUT2D eigenvalue weighted by atomic mass is 9.92. The number of hydrogen-bond donors (Lipinski definition) is 1. The van der Waals surface area contributed by atoms with Crippen LogP contribution in [-0.2, 0) is 12.8 Å². The highest BCUT2D eigenvalue weighted by Gasteiger charge is 2.18.